The Bertz CT molecular complexity index is 1800. The van der Waals surface area contributed by atoms with E-state index in [0.29, 0.717) is 71.8 Å². The molecule has 2 amide bonds. The summed E-state index contributed by atoms with van der Waals surface area (Å²) in [6.45, 7) is 12.5. The maximum atomic E-state index is 12.8. The number of alkyl carbamates (subject to hydrolysis) is 1. The van der Waals surface area contributed by atoms with Crippen LogP contribution in [0, 0.1) is 5.92 Å². The normalized spacial score (nSPS) is 15.3. The van der Waals surface area contributed by atoms with Gasteiger partial charge in [0, 0.05) is 41.7 Å². The minimum absolute atomic E-state index is 0.0229. The molecular weight excluding hydrogens is 656 g/mol. The molecule has 1 radical (unpaired) electrons. The highest BCUT2D eigenvalue weighted by Gasteiger charge is 2.34. The van der Waals surface area contributed by atoms with Gasteiger partial charge in [0.1, 0.15) is 39.9 Å². The van der Waals surface area contributed by atoms with Gasteiger partial charge in [0.25, 0.3) is 0 Å². The first-order valence-corrected chi connectivity index (χ1v) is 17.1. The lowest BCUT2D eigenvalue weighted by molar-refractivity contribution is 0.0201. The van der Waals surface area contributed by atoms with Crippen molar-refractivity contribution >= 4 is 41.0 Å². The zero-order valence-electron chi connectivity index (χ0n) is 30.1. The number of hydrogen-bond donors (Lipinski definition) is 1. The zero-order chi connectivity index (χ0) is 36.2. The van der Waals surface area contributed by atoms with Crippen LogP contribution in [0.5, 0.6) is 11.5 Å². The van der Waals surface area contributed by atoms with Crippen molar-refractivity contribution in [1.82, 2.24) is 15.5 Å². The van der Waals surface area contributed by atoms with Crippen LogP contribution in [0.4, 0.5) is 9.59 Å². The van der Waals surface area contributed by atoms with Gasteiger partial charge in [-0.05, 0) is 107 Å². The minimum atomic E-state index is -0.583. The van der Waals surface area contributed by atoms with Crippen molar-refractivity contribution in [1.29, 1.82) is 0 Å². The van der Waals surface area contributed by atoms with Crippen LogP contribution in [0.25, 0.3) is 22.5 Å². The Labute approximate surface area is 299 Å². The Morgan fingerprint density at radius 3 is 2.08 bits per heavy atom. The molecule has 1 saturated heterocycles. The number of aliphatic imine (C=N–C) groups is 1. The van der Waals surface area contributed by atoms with Crippen molar-refractivity contribution in [3.8, 4) is 22.6 Å². The van der Waals surface area contributed by atoms with E-state index in [1.165, 1.54) is 0 Å². The van der Waals surface area contributed by atoms with Crippen LogP contribution in [-0.2, 0) is 16.0 Å². The number of methoxy groups -OCH3 is 2. The van der Waals surface area contributed by atoms with E-state index in [4.69, 9.17) is 40.9 Å². The second kappa shape index (κ2) is 15.0. The number of amidine groups is 1. The number of amides is 2. The summed E-state index contributed by atoms with van der Waals surface area (Å²) in [4.78, 5) is 31.9. The van der Waals surface area contributed by atoms with E-state index < -0.39 is 17.3 Å². The lowest BCUT2D eigenvalue weighted by Crippen LogP contribution is -2.43. The molecule has 2 aliphatic heterocycles. The third kappa shape index (κ3) is 9.09. The molecule has 265 valence electrons. The van der Waals surface area contributed by atoms with Gasteiger partial charge in [-0.1, -0.05) is 35.9 Å². The lowest BCUT2D eigenvalue weighted by atomic mass is 9.95. The molecule has 0 spiro atoms. The standard InChI is InChI=1S/C39H46ClN4O6/c1-38(2,3)49-36(45)41-23-24-10-9-11-26(20-24)27-12-14-31(47-7)29(21-27)33-34(30-22-28(40)13-15-32(30)48-8)43-35(42-33)25-16-18-44(19-17-25)37(46)50-39(4,5)6/h9-15,20-22,25H,16-19,23H2,1-8H3,(H,41,45). The summed E-state index contributed by atoms with van der Waals surface area (Å²) in [5.74, 6) is 1.95. The molecule has 0 bridgehead atoms. The molecule has 3 aromatic carbocycles. The van der Waals surface area contributed by atoms with Crippen LogP contribution in [0.3, 0.4) is 0 Å². The molecule has 2 aliphatic rings. The molecule has 0 atom stereocenters. The van der Waals surface area contributed by atoms with Gasteiger partial charge in [-0.25, -0.2) is 19.9 Å². The molecular formula is C39H46ClN4O6. The minimum Gasteiger partial charge on any atom is -0.496 e. The maximum Gasteiger partial charge on any atom is 0.410 e. The second-order valence-corrected chi connectivity index (χ2v) is 14.8. The Hall–Kier alpha value is -4.70. The van der Waals surface area contributed by atoms with Crippen LogP contribution in [0.2, 0.25) is 5.02 Å². The monoisotopic (exact) mass is 701 g/mol. The first kappa shape index (κ1) is 36.6. The summed E-state index contributed by atoms with van der Waals surface area (Å²) in [5.41, 5.74) is 4.38. The fraction of sp³-hybridized carbons (Fsp3) is 0.410. The molecule has 0 aromatic heterocycles. The Morgan fingerprint density at radius 2 is 1.44 bits per heavy atom. The molecule has 5 rings (SSSR count). The Balaban J connectivity index is 1.47. The van der Waals surface area contributed by atoms with Gasteiger partial charge >= 0.3 is 12.2 Å². The highest BCUT2D eigenvalue weighted by molar-refractivity contribution is 6.31. The number of piperidine rings is 1. The first-order chi connectivity index (χ1) is 23.6. The van der Waals surface area contributed by atoms with Gasteiger partial charge in [0.2, 0.25) is 0 Å². The maximum absolute atomic E-state index is 12.8. The van der Waals surface area contributed by atoms with E-state index in [-0.39, 0.29) is 12.0 Å². The van der Waals surface area contributed by atoms with Gasteiger partial charge in [-0.3, -0.25) is 0 Å². The average molecular weight is 702 g/mol. The van der Waals surface area contributed by atoms with E-state index in [0.717, 1.165) is 22.3 Å². The van der Waals surface area contributed by atoms with Gasteiger partial charge < -0.3 is 29.2 Å². The molecule has 1 fully saturated rings. The Morgan fingerprint density at radius 1 is 0.820 bits per heavy atom. The van der Waals surface area contributed by atoms with Crippen LogP contribution in [0.1, 0.15) is 71.1 Å². The fourth-order valence-electron chi connectivity index (χ4n) is 5.85. The summed E-state index contributed by atoms with van der Waals surface area (Å²) in [5, 5.41) is 8.54. The summed E-state index contributed by atoms with van der Waals surface area (Å²) in [6.07, 6.45) is 0.599. The number of hydrogen-bond acceptors (Lipinski definition) is 7. The van der Waals surface area contributed by atoms with Crippen LogP contribution in [0.15, 0.2) is 65.7 Å². The average Bonchev–Trinajstić information content (AvgIpc) is 3.51. The zero-order valence-corrected chi connectivity index (χ0v) is 30.8. The van der Waals surface area contributed by atoms with Crippen LogP contribution >= 0.6 is 11.6 Å². The number of benzene rings is 3. The topological polar surface area (TPSA) is 113 Å². The van der Waals surface area contributed by atoms with Crippen molar-refractivity contribution in [2.75, 3.05) is 27.3 Å². The van der Waals surface area contributed by atoms with Gasteiger partial charge in [0.05, 0.1) is 14.2 Å². The summed E-state index contributed by atoms with van der Waals surface area (Å²) in [6, 6.07) is 19.3. The third-order valence-electron chi connectivity index (χ3n) is 8.16. The third-order valence-corrected chi connectivity index (χ3v) is 8.39. The van der Waals surface area contributed by atoms with Crippen molar-refractivity contribution in [3.63, 3.8) is 0 Å². The molecule has 3 aromatic rings. The predicted molar refractivity (Wildman–Crippen MR) is 196 cm³/mol. The van der Waals surface area contributed by atoms with Crippen molar-refractivity contribution in [2.24, 2.45) is 10.9 Å². The number of carbonyl (C=O) groups excluding carboxylic acids is 2. The summed E-state index contributed by atoms with van der Waals surface area (Å²) >= 11 is 6.51. The van der Waals surface area contributed by atoms with E-state index >= 15 is 0 Å². The number of halogens is 1. The highest BCUT2D eigenvalue weighted by atomic mass is 35.5. The molecule has 10 nitrogen and oxygen atoms in total. The first-order valence-electron chi connectivity index (χ1n) is 16.7. The van der Waals surface area contributed by atoms with Crippen molar-refractivity contribution < 1.29 is 28.5 Å². The second-order valence-electron chi connectivity index (χ2n) is 14.3. The fourth-order valence-corrected chi connectivity index (χ4v) is 6.02. The molecule has 50 heavy (non-hydrogen) atoms. The molecule has 0 aliphatic carbocycles. The van der Waals surface area contributed by atoms with Crippen molar-refractivity contribution in [3.05, 3.63) is 82.4 Å². The van der Waals surface area contributed by atoms with Gasteiger partial charge in [0.15, 0.2) is 0 Å². The van der Waals surface area contributed by atoms with Gasteiger partial charge in [-0.2, -0.15) is 0 Å². The molecule has 2 heterocycles. The number of likely N-dealkylation sites (tertiary alicyclic amines) is 1. The number of nitrogens with one attached hydrogen (secondary N) is 1. The predicted octanol–water partition coefficient (Wildman–Crippen LogP) is 8.54. The quantitative estimate of drug-likeness (QED) is 0.252. The van der Waals surface area contributed by atoms with E-state index in [9.17, 15) is 9.59 Å². The van der Waals surface area contributed by atoms with Crippen LogP contribution < -0.4 is 20.1 Å². The van der Waals surface area contributed by atoms with E-state index in [1.54, 1.807) is 25.2 Å². The van der Waals surface area contributed by atoms with E-state index in [2.05, 4.69) is 5.32 Å². The van der Waals surface area contributed by atoms with E-state index in [1.807, 2.05) is 96.1 Å². The smallest absolute Gasteiger partial charge is 0.410 e. The largest absolute Gasteiger partial charge is 0.496 e. The number of rotatable bonds is 8. The molecule has 0 unspecified atom stereocenters. The van der Waals surface area contributed by atoms with Crippen molar-refractivity contribution in [2.45, 2.75) is 72.1 Å². The number of nitrogens with zero attached hydrogens (tertiary/aromatic N) is 3. The molecule has 1 N–H and O–H groups in total. The number of ether oxygens (including phenoxy) is 4. The molecule has 0 saturated carbocycles. The Kier molecular flexibility index (Phi) is 11.0. The van der Waals surface area contributed by atoms with Gasteiger partial charge in [-0.15, -0.1) is 0 Å². The summed E-state index contributed by atoms with van der Waals surface area (Å²) in [7, 11) is 3.24. The lowest BCUT2D eigenvalue weighted by Gasteiger charge is -2.33. The SMILES string of the molecule is COc1ccc(-c2cccc(CNC(=O)OC(C)(C)C)c2)cc1C1=C(c2cc(Cl)ccc2OC)N=C(C2CCN(C(=O)OC(C)(C)C)CC2)[N]1. The molecule has 11 heteroatoms. The highest BCUT2D eigenvalue weighted by Crippen LogP contribution is 2.42. The van der Waals surface area contributed by atoms with Crippen LogP contribution in [-0.4, -0.2) is 61.4 Å². The number of carbonyl (C=O) groups is 2. The summed E-state index contributed by atoms with van der Waals surface area (Å²) < 4.78 is 22.6.